The first-order valence-electron chi connectivity index (χ1n) is 5.97. The number of hydrogen-bond acceptors (Lipinski definition) is 5. The summed E-state index contributed by atoms with van der Waals surface area (Å²) in [5, 5.41) is 0. The van der Waals surface area contributed by atoms with E-state index in [0.717, 1.165) is 6.26 Å². The number of nitrogens with zero attached hydrogens (tertiary/aromatic N) is 1. The first-order chi connectivity index (χ1) is 9.25. The average molecular weight is 299 g/mol. The lowest BCUT2D eigenvalue weighted by Gasteiger charge is -2.16. The summed E-state index contributed by atoms with van der Waals surface area (Å²) in [6, 6.07) is 5.56. The molecule has 0 unspecified atom stereocenters. The van der Waals surface area contributed by atoms with Crippen molar-refractivity contribution in [3.63, 3.8) is 0 Å². The van der Waals surface area contributed by atoms with Gasteiger partial charge >= 0.3 is 5.97 Å². The second kappa shape index (κ2) is 6.51. The topological polar surface area (TPSA) is 80.8 Å². The first-order valence-corrected chi connectivity index (χ1v) is 7.86. The molecule has 0 fully saturated rings. The minimum Gasteiger partial charge on any atom is -0.465 e. The molecule has 0 aliphatic rings. The fourth-order valence-corrected chi connectivity index (χ4v) is 2.17. The maximum atomic E-state index is 12.0. The largest absolute Gasteiger partial charge is 0.465 e. The van der Waals surface area contributed by atoms with Gasteiger partial charge in [0.2, 0.25) is 0 Å². The Morgan fingerprint density at radius 3 is 2.20 bits per heavy atom. The highest BCUT2D eigenvalue weighted by Gasteiger charge is 2.16. The van der Waals surface area contributed by atoms with E-state index in [1.807, 2.05) is 0 Å². The van der Waals surface area contributed by atoms with E-state index in [1.165, 1.54) is 36.2 Å². The van der Waals surface area contributed by atoms with Gasteiger partial charge in [0.25, 0.3) is 5.91 Å². The zero-order valence-electron chi connectivity index (χ0n) is 11.6. The van der Waals surface area contributed by atoms with Crippen molar-refractivity contribution in [3.8, 4) is 0 Å². The van der Waals surface area contributed by atoms with Crippen LogP contribution in [0.4, 0.5) is 0 Å². The van der Waals surface area contributed by atoms with Gasteiger partial charge in [0.15, 0.2) is 9.84 Å². The summed E-state index contributed by atoms with van der Waals surface area (Å²) in [4.78, 5) is 24.7. The molecule has 0 aromatic heterocycles. The van der Waals surface area contributed by atoms with Crippen LogP contribution in [0, 0.1) is 0 Å². The molecule has 0 N–H and O–H groups in total. The van der Waals surface area contributed by atoms with Gasteiger partial charge in [-0.2, -0.15) is 0 Å². The number of esters is 1. The monoisotopic (exact) mass is 299 g/mol. The molecule has 1 rings (SSSR count). The summed E-state index contributed by atoms with van der Waals surface area (Å²) >= 11 is 0. The molecule has 0 aliphatic carbocycles. The fourth-order valence-electron chi connectivity index (χ4n) is 1.54. The molecule has 1 aromatic carbocycles. The molecule has 0 atom stereocenters. The van der Waals surface area contributed by atoms with E-state index in [2.05, 4.69) is 0 Å². The van der Waals surface area contributed by atoms with Gasteiger partial charge < -0.3 is 9.64 Å². The van der Waals surface area contributed by atoms with Crippen LogP contribution in [0.2, 0.25) is 0 Å². The molecule has 20 heavy (non-hydrogen) atoms. The molecule has 0 saturated carbocycles. The van der Waals surface area contributed by atoms with Crippen molar-refractivity contribution < 1.29 is 22.7 Å². The third-order valence-corrected chi connectivity index (χ3v) is 3.68. The number of carbonyl (C=O) groups excluding carboxylic acids is 2. The molecule has 0 radical (unpaired) electrons. The van der Waals surface area contributed by atoms with E-state index >= 15 is 0 Å². The molecule has 0 spiro atoms. The van der Waals surface area contributed by atoms with E-state index in [-0.39, 0.29) is 24.0 Å². The Morgan fingerprint density at radius 1 is 1.20 bits per heavy atom. The summed E-state index contributed by atoms with van der Waals surface area (Å²) in [7, 11) is -1.81. The van der Waals surface area contributed by atoms with Crippen molar-refractivity contribution in [1.82, 2.24) is 4.90 Å². The molecule has 0 saturated heterocycles. The Morgan fingerprint density at radius 2 is 1.75 bits per heavy atom. The molecule has 0 aliphatic heterocycles. The summed E-state index contributed by atoms with van der Waals surface area (Å²) in [5.74, 6) is -0.866. The Bertz CT molecular complexity index is 592. The van der Waals surface area contributed by atoms with Gasteiger partial charge in [-0.1, -0.05) is 0 Å². The zero-order valence-corrected chi connectivity index (χ0v) is 12.4. The minimum absolute atomic E-state index is 0.141. The normalized spacial score (nSPS) is 10.9. The first kappa shape index (κ1) is 16.2. The van der Waals surface area contributed by atoms with Crippen LogP contribution < -0.4 is 0 Å². The Kier molecular flexibility index (Phi) is 5.26. The summed E-state index contributed by atoms with van der Waals surface area (Å²) in [5.41, 5.74) is 0.309. The van der Waals surface area contributed by atoms with Crippen molar-refractivity contribution in [1.29, 1.82) is 0 Å². The van der Waals surface area contributed by atoms with Gasteiger partial charge in [-0.3, -0.25) is 9.59 Å². The van der Waals surface area contributed by atoms with E-state index in [4.69, 9.17) is 4.74 Å². The number of carbonyl (C=O) groups is 2. The van der Waals surface area contributed by atoms with Gasteiger partial charge in [0, 0.05) is 18.9 Å². The third kappa shape index (κ3) is 4.34. The predicted octanol–water partition coefficient (Wildman–Crippen LogP) is 0.725. The highest BCUT2D eigenvalue weighted by atomic mass is 32.2. The van der Waals surface area contributed by atoms with Crippen LogP contribution in [0.1, 0.15) is 17.3 Å². The summed E-state index contributed by atoms with van der Waals surface area (Å²) in [6.45, 7) is 1.79. The number of sulfone groups is 1. The van der Waals surface area contributed by atoms with Gasteiger partial charge in [0.05, 0.1) is 11.5 Å². The number of ether oxygens (including phenoxy) is 1. The molecule has 1 aromatic rings. The van der Waals surface area contributed by atoms with Crippen molar-refractivity contribution >= 4 is 21.7 Å². The van der Waals surface area contributed by atoms with Crippen molar-refractivity contribution in [2.45, 2.75) is 11.8 Å². The second-order valence-electron chi connectivity index (χ2n) is 4.26. The van der Waals surface area contributed by atoms with Gasteiger partial charge in [0.1, 0.15) is 6.54 Å². The quantitative estimate of drug-likeness (QED) is 0.749. The number of amides is 1. The number of likely N-dealkylation sites (N-methyl/N-ethyl adjacent to an activating group) is 1. The summed E-state index contributed by atoms with van der Waals surface area (Å²) < 4.78 is 27.4. The molecule has 6 nitrogen and oxygen atoms in total. The second-order valence-corrected chi connectivity index (χ2v) is 6.28. The predicted molar refractivity (Wildman–Crippen MR) is 73.1 cm³/mol. The molecule has 0 heterocycles. The smallest absolute Gasteiger partial charge is 0.325 e. The number of benzene rings is 1. The van der Waals surface area contributed by atoms with Crippen LogP contribution in [0.3, 0.4) is 0 Å². The molecule has 110 valence electrons. The molecule has 7 heteroatoms. The third-order valence-electron chi connectivity index (χ3n) is 2.55. The SMILES string of the molecule is CCOC(=O)CN(C)C(=O)c1ccc(S(C)(=O)=O)cc1. The van der Waals surface area contributed by atoms with Crippen molar-refractivity contribution in [3.05, 3.63) is 29.8 Å². The standard InChI is InChI=1S/C13H17NO5S/c1-4-19-12(15)9-14(2)13(16)10-5-7-11(8-6-10)20(3,17)18/h5-8H,4,9H2,1-3H3. The Balaban J connectivity index is 2.80. The fraction of sp³-hybridized carbons (Fsp3) is 0.385. The van der Waals surface area contributed by atoms with E-state index < -0.39 is 15.8 Å². The zero-order chi connectivity index (χ0) is 15.3. The van der Waals surface area contributed by atoms with Gasteiger partial charge in [-0.15, -0.1) is 0 Å². The average Bonchev–Trinajstić information content (AvgIpc) is 2.37. The highest BCUT2D eigenvalue weighted by Crippen LogP contribution is 2.11. The lowest BCUT2D eigenvalue weighted by Crippen LogP contribution is -2.33. The molecule has 0 bridgehead atoms. The lowest BCUT2D eigenvalue weighted by molar-refractivity contribution is -0.143. The van der Waals surface area contributed by atoms with Crippen LogP contribution in [0.25, 0.3) is 0 Å². The number of rotatable bonds is 5. The van der Waals surface area contributed by atoms with Gasteiger partial charge in [-0.05, 0) is 31.2 Å². The van der Waals surface area contributed by atoms with E-state index in [1.54, 1.807) is 6.92 Å². The van der Waals surface area contributed by atoms with Crippen LogP contribution in [-0.4, -0.2) is 51.6 Å². The van der Waals surface area contributed by atoms with Crippen molar-refractivity contribution in [2.75, 3.05) is 26.5 Å². The van der Waals surface area contributed by atoms with Crippen LogP contribution in [0.15, 0.2) is 29.2 Å². The van der Waals surface area contributed by atoms with E-state index in [9.17, 15) is 18.0 Å². The van der Waals surface area contributed by atoms with Crippen molar-refractivity contribution in [2.24, 2.45) is 0 Å². The van der Waals surface area contributed by atoms with Crippen LogP contribution in [-0.2, 0) is 19.4 Å². The lowest BCUT2D eigenvalue weighted by atomic mass is 10.2. The molecular formula is C13H17NO5S. The van der Waals surface area contributed by atoms with E-state index in [0.29, 0.717) is 5.56 Å². The summed E-state index contributed by atoms with van der Waals surface area (Å²) in [6.07, 6.45) is 1.09. The van der Waals surface area contributed by atoms with Crippen LogP contribution >= 0.6 is 0 Å². The van der Waals surface area contributed by atoms with Gasteiger partial charge in [-0.25, -0.2) is 8.42 Å². The maximum Gasteiger partial charge on any atom is 0.325 e. The minimum atomic E-state index is -3.29. The number of hydrogen-bond donors (Lipinski definition) is 0. The maximum absolute atomic E-state index is 12.0. The Hall–Kier alpha value is -1.89. The van der Waals surface area contributed by atoms with Crippen LogP contribution in [0.5, 0.6) is 0 Å². The Labute approximate surface area is 118 Å². The molecule has 1 amide bonds. The highest BCUT2D eigenvalue weighted by molar-refractivity contribution is 7.90. The molecular weight excluding hydrogens is 282 g/mol.